The summed E-state index contributed by atoms with van der Waals surface area (Å²) < 4.78 is 10.8. The summed E-state index contributed by atoms with van der Waals surface area (Å²) >= 11 is 0. The number of phenolic OH excluding ortho intramolecular Hbond substituents is 4. The van der Waals surface area contributed by atoms with Gasteiger partial charge in [-0.15, -0.1) is 0 Å². The fourth-order valence-corrected chi connectivity index (χ4v) is 5.40. The van der Waals surface area contributed by atoms with E-state index in [0.29, 0.717) is 33.0 Å². The average molecular weight is 491 g/mol. The van der Waals surface area contributed by atoms with E-state index < -0.39 is 0 Å². The van der Waals surface area contributed by atoms with Gasteiger partial charge in [-0.2, -0.15) is 0 Å². The van der Waals surface area contributed by atoms with Crippen LogP contribution in [0.15, 0.2) is 24.3 Å². The van der Waals surface area contributed by atoms with Gasteiger partial charge in [-0.1, -0.05) is 39.8 Å². The molecule has 0 unspecified atom stereocenters. The Morgan fingerprint density at radius 1 is 0.528 bits per heavy atom. The van der Waals surface area contributed by atoms with E-state index in [1.54, 1.807) is 12.1 Å². The van der Waals surface area contributed by atoms with Crippen LogP contribution in [0.4, 0.5) is 0 Å². The quantitative estimate of drug-likeness (QED) is 0.233. The Morgan fingerprint density at radius 3 is 1.14 bits per heavy atom. The second-order valence-corrected chi connectivity index (χ2v) is 10.0. The molecule has 0 saturated heterocycles. The number of fused-ring (bicyclic) bond motifs is 2. The smallest absolute Gasteiger partial charge is 0.161 e. The zero-order chi connectivity index (χ0) is 26.6. The van der Waals surface area contributed by atoms with Gasteiger partial charge in [0.25, 0.3) is 0 Å². The van der Waals surface area contributed by atoms with Gasteiger partial charge in [0.1, 0.15) is 11.5 Å². The predicted molar refractivity (Wildman–Crippen MR) is 144 cm³/mol. The number of aromatic hydroxyl groups is 4. The fourth-order valence-electron chi connectivity index (χ4n) is 5.40. The van der Waals surface area contributed by atoms with Gasteiger partial charge in [-0.25, -0.2) is 0 Å². The lowest BCUT2D eigenvalue weighted by Crippen LogP contribution is -1.99. The first-order valence-corrected chi connectivity index (χ1v) is 12.1. The van der Waals surface area contributed by atoms with Crippen molar-refractivity contribution < 1.29 is 29.9 Å². The lowest BCUT2D eigenvalue weighted by atomic mass is 9.85. The molecule has 4 N–H and O–H groups in total. The van der Waals surface area contributed by atoms with E-state index in [9.17, 15) is 20.4 Å². The highest BCUT2D eigenvalue weighted by atomic mass is 16.5. The summed E-state index contributed by atoms with van der Waals surface area (Å²) in [7, 11) is 2.96. The minimum Gasteiger partial charge on any atom is -0.507 e. The van der Waals surface area contributed by atoms with Crippen molar-refractivity contribution in [3.8, 4) is 45.6 Å². The fraction of sp³-hybridized carbons (Fsp3) is 0.333. The number of benzene rings is 4. The first kappa shape index (κ1) is 25.3. The molecule has 6 heteroatoms. The van der Waals surface area contributed by atoms with Gasteiger partial charge in [0, 0.05) is 33.0 Å². The minimum absolute atomic E-state index is 0.00206. The largest absolute Gasteiger partial charge is 0.507 e. The molecule has 0 fully saturated rings. The van der Waals surface area contributed by atoms with Gasteiger partial charge in [0.2, 0.25) is 0 Å². The monoisotopic (exact) mass is 490 g/mol. The highest BCUT2D eigenvalue weighted by Crippen LogP contribution is 2.52. The number of phenols is 4. The van der Waals surface area contributed by atoms with Crippen LogP contribution < -0.4 is 9.47 Å². The van der Waals surface area contributed by atoms with Crippen LogP contribution in [-0.4, -0.2) is 34.6 Å². The minimum atomic E-state index is -0.0161. The van der Waals surface area contributed by atoms with Gasteiger partial charge in [-0.3, -0.25) is 0 Å². The SMILES string of the molecule is COc1cc2c(O)c(-c3c(C)cc4c(C(C)C)c(O)c(OC)cc4c3O)c(C)cc2c(C(C)C)c1O. The molecule has 4 aromatic rings. The number of methoxy groups -OCH3 is 2. The molecule has 0 atom stereocenters. The molecule has 0 aliphatic rings. The molecule has 0 aliphatic heterocycles. The van der Waals surface area contributed by atoms with Crippen molar-refractivity contribution in [2.75, 3.05) is 14.2 Å². The number of rotatable bonds is 5. The van der Waals surface area contributed by atoms with Crippen LogP contribution in [0.1, 0.15) is 61.8 Å². The summed E-state index contributed by atoms with van der Waals surface area (Å²) in [5, 5.41) is 47.3. The van der Waals surface area contributed by atoms with Crippen LogP contribution in [0.3, 0.4) is 0 Å². The van der Waals surface area contributed by atoms with Crippen molar-refractivity contribution in [3.05, 3.63) is 46.5 Å². The van der Waals surface area contributed by atoms with Crippen LogP contribution in [0.5, 0.6) is 34.5 Å². The molecular weight excluding hydrogens is 456 g/mol. The van der Waals surface area contributed by atoms with Crippen LogP contribution in [0, 0.1) is 13.8 Å². The molecule has 0 bridgehead atoms. The standard InChI is InChI=1S/C30H34O6/c1-13(2)23-17-9-15(5)25(27(31)19(17)11-21(35-7)29(23)33)26-16(6)10-18-20(28(26)32)12-22(36-8)30(34)24(18)14(3)4/h9-14,31-34H,1-8H3. The van der Waals surface area contributed by atoms with E-state index in [-0.39, 0.29) is 46.3 Å². The van der Waals surface area contributed by atoms with Crippen LogP contribution in [0.2, 0.25) is 0 Å². The molecule has 4 aromatic carbocycles. The van der Waals surface area contributed by atoms with E-state index in [2.05, 4.69) is 0 Å². The molecule has 190 valence electrons. The predicted octanol–water partition coefficient (Wildman–Crippen LogP) is 7.36. The second-order valence-electron chi connectivity index (χ2n) is 10.0. The summed E-state index contributed by atoms with van der Waals surface area (Å²) in [6.45, 7) is 11.6. The third-order valence-corrected chi connectivity index (χ3v) is 7.03. The first-order valence-electron chi connectivity index (χ1n) is 12.1. The summed E-state index contributed by atoms with van der Waals surface area (Å²) in [4.78, 5) is 0. The van der Waals surface area contributed by atoms with Crippen LogP contribution >= 0.6 is 0 Å². The van der Waals surface area contributed by atoms with E-state index in [1.165, 1.54) is 14.2 Å². The number of hydrogen-bond acceptors (Lipinski definition) is 6. The number of ether oxygens (including phenoxy) is 2. The molecule has 0 spiro atoms. The van der Waals surface area contributed by atoms with Crippen molar-refractivity contribution >= 4 is 21.5 Å². The maximum atomic E-state index is 11.6. The second kappa shape index (κ2) is 9.01. The normalized spacial score (nSPS) is 11.7. The Bertz CT molecular complexity index is 1400. The van der Waals surface area contributed by atoms with E-state index in [4.69, 9.17) is 9.47 Å². The van der Waals surface area contributed by atoms with Gasteiger partial charge < -0.3 is 29.9 Å². The van der Waals surface area contributed by atoms with Gasteiger partial charge in [-0.05, 0) is 59.7 Å². The lowest BCUT2D eigenvalue weighted by Gasteiger charge is -2.22. The Labute approximate surface area is 211 Å². The average Bonchev–Trinajstić information content (AvgIpc) is 2.80. The van der Waals surface area contributed by atoms with E-state index >= 15 is 0 Å². The van der Waals surface area contributed by atoms with Crippen molar-refractivity contribution in [1.82, 2.24) is 0 Å². The van der Waals surface area contributed by atoms with Gasteiger partial charge in [0.05, 0.1) is 14.2 Å². The Kier molecular flexibility index (Phi) is 6.33. The Balaban J connectivity index is 2.16. The summed E-state index contributed by atoms with van der Waals surface area (Å²) in [5.41, 5.74) is 3.88. The molecule has 0 aromatic heterocycles. The van der Waals surface area contributed by atoms with Crippen LogP contribution in [0.25, 0.3) is 32.7 Å². The first-order chi connectivity index (χ1) is 16.9. The summed E-state index contributed by atoms with van der Waals surface area (Å²) in [6, 6.07) is 7.11. The zero-order valence-electron chi connectivity index (χ0n) is 22.1. The van der Waals surface area contributed by atoms with Crippen molar-refractivity contribution in [2.45, 2.75) is 53.4 Å². The molecule has 0 aliphatic carbocycles. The third kappa shape index (κ3) is 3.63. The molecular formula is C30H34O6. The van der Waals surface area contributed by atoms with Gasteiger partial charge in [0.15, 0.2) is 23.0 Å². The van der Waals surface area contributed by atoms with E-state index in [1.807, 2.05) is 53.7 Å². The Hall–Kier alpha value is -3.80. The maximum absolute atomic E-state index is 11.6. The highest BCUT2D eigenvalue weighted by molar-refractivity contribution is 6.06. The van der Waals surface area contributed by atoms with Crippen molar-refractivity contribution in [3.63, 3.8) is 0 Å². The van der Waals surface area contributed by atoms with Crippen molar-refractivity contribution in [1.29, 1.82) is 0 Å². The highest BCUT2D eigenvalue weighted by Gasteiger charge is 2.26. The Morgan fingerprint density at radius 2 is 0.861 bits per heavy atom. The maximum Gasteiger partial charge on any atom is 0.161 e. The van der Waals surface area contributed by atoms with Crippen LogP contribution in [-0.2, 0) is 0 Å². The molecule has 36 heavy (non-hydrogen) atoms. The number of hydrogen-bond donors (Lipinski definition) is 4. The third-order valence-electron chi connectivity index (χ3n) is 7.03. The molecule has 4 rings (SSSR count). The zero-order valence-corrected chi connectivity index (χ0v) is 22.1. The molecule has 0 heterocycles. The molecule has 6 nitrogen and oxygen atoms in total. The summed E-state index contributed by atoms with van der Waals surface area (Å²) in [5.74, 6) is 0.634. The lowest BCUT2D eigenvalue weighted by molar-refractivity contribution is 0.370. The van der Waals surface area contributed by atoms with Crippen molar-refractivity contribution in [2.24, 2.45) is 0 Å². The number of aryl methyl sites for hydroxylation is 2. The van der Waals surface area contributed by atoms with Gasteiger partial charge >= 0.3 is 0 Å². The summed E-state index contributed by atoms with van der Waals surface area (Å²) in [6.07, 6.45) is 0. The molecule has 0 amide bonds. The van der Waals surface area contributed by atoms with E-state index in [0.717, 1.165) is 21.9 Å². The molecule has 0 saturated carbocycles. The topological polar surface area (TPSA) is 99.4 Å². The molecule has 0 radical (unpaired) electrons.